The molecular formula is C11H13ClN4S. The van der Waals surface area contributed by atoms with Crippen LogP contribution in [0.3, 0.4) is 0 Å². The monoisotopic (exact) mass is 268 g/mol. The van der Waals surface area contributed by atoms with E-state index in [-0.39, 0.29) is 0 Å². The Labute approximate surface area is 109 Å². The lowest BCUT2D eigenvalue weighted by atomic mass is 10.3. The fourth-order valence-electron chi connectivity index (χ4n) is 1.40. The Morgan fingerprint density at radius 2 is 2.29 bits per heavy atom. The van der Waals surface area contributed by atoms with Gasteiger partial charge in [0.25, 0.3) is 0 Å². The molecule has 17 heavy (non-hydrogen) atoms. The fraction of sp³-hybridized carbons (Fsp3) is 0.364. The molecule has 2 rings (SSSR count). The van der Waals surface area contributed by atoms with Crippen molar-refractivity contribution in [3.05, 3.63) is 33.6 Å². The van der Waals surface area contributed by atoms with Gasteiger partial charge in [0, 0.05) is 24.1 Å². The van der Waals surface area contributed by atoms with Crippen LogP contribution < -0.4 is 5.32 Å². The number of nitrogens with zero attached hydrogens (tertiary/aromatic N) is 3. The summed E-state index contributed by atoms with van der Waals surface area (Å²) in [6.45, 7) is 2.75. The summed E-state index contributed by atoms with van der Waals surface area (Å²) >= 11 is 7.55. The predicted molar refractivity (Wildman–Crippen MR) is 70.5 cm³/mol. The summed E-state index contributed by atoms with van der Waals surface area (Å²) < 4.78 is 0. The maximum absolute atomic E-state index is 5.94. The van der Waals surface area contributed by atoms with Crippen LogP contribution in [0, 0.1) is 0 Å². The molecule has 0 aliphatic heterocycles. The summed E-state index contributed by atoms with van der Waals surface area (Å²) in [4.78, 5) is 12.8. The zero-order chi connectivity index (χ0) is 12.1. The van der Waals surface area contributed by atoms with Gasteiger partial charge in [-0.3, -0.25) is 0 Å². The minimum absolute atomic E-state index is 0.477. The lowest BCUT2D eigenvalue weighted by Gasteiger charge is -2.05. The van der Waals surface area contributed by atoms with Crippen LogP contribution in [0.15, 0.2) is 17.6 Å². The predicted octanol–water partition coefficient (Wildman–Crippen LogP) is 3.15. The van der Waals surface area contributed by atoms with Crippen LogP contribution in [0.5, 0.6) is 0 Å². The van der Waals surface area contributed by atoms with E-state index in [4.69, 9.17) is 11.6 Å². The third kappa shape index (κ3) is 3.64. The van der Waals surface area contributed by atoms with E-state index < -0.39 is 0 Å². The molecule has 0 aromatic carbocycles. The largest absolute Gasteiger partial charge is 0.363 e. The van der Waals surface area contributed by atoms with Gasteiger partial charge >= 0.3 is 0 Å². The lowest BCUT2D eigenvalue weighted by Crippen LogP contribution is -2.04. The Morgan fingerprint density at radius 1 is 1.41 bits per heavy atom. The van der Waals surface area contributed by atoms with Crippen LogP contribution in [-0.2, 0) is 13.0 Å². The van der Waals surface area contributed by atoms with Crippen molar-refractivity contribution in [1.29, 1.82) is 0 Å². The van der Waals surface area contributed by atoms with Gasteiger partial charge in [-0.2, -0.15) is 0 Å². The van der Waals surface area contributed by atoms with Gasteiger partial charge in [-0.25, -0.2) is 15.0 Å². The van der Waals surface area contributed by atoms with Gasteiger partial charge < -0.3 is 5.32 Å². The van der Waals surface area contributed by atoms with Crippen molar-refractivity contribution in [2.75, 3.05) is 5.32 Å². The molecule has 0 bridgehead atoms. The molecule has 4 nitrogen and oxygen atoms in total. The Hall–Kier alpha value is -1.20. The highest BCUT2D eigenvalue weighted by atomic mass is 35.5. The van der Waals surface area contributed by atoms with E-state index in [2.05, 4.69) is 27.2 Å². The molecule has 2 heterocycles. The van der Waals surface area contributed by atoms with Crippen molar-refractivity contribution in [3.63, 3.8) is 0 Å². The van der Waals surface area contributed by atoms with E-state index in [0.717, 1.165) is 29.5 Å². The molecule has 0 aliphatic carbocycles. The van der Waals surface area contributed by atoms with Crippen LogP contribution in [0.25, 0.3) is 0 Å². The smallest absolute Gasteiger partial charge is 0.134 e. The van der Waals surface area contributed by atoms with Crippen molar-refractivity contribution < 1.29 is 0 Å². The number of halogens is 1. The number of rotatable bonds is 5. The standard InChI is InChI=1S/C11H13ClN4S/c1-2-3-9-15-8(12)6-10(16-9)14-7-11-13-4-5-17-11/h4-6H,2-3,7H2,1H3,(H,14,15,16). The second-order valence-corrected chi connectivity index (χ2v) is 4.89. The quantitative estimate of drug-likeness (QED) is 0.847. The topological polar surface area (TPSA) is 50.7 Å². The van der Waals surface area contributed by atoms with E-state index in [0.29, 0.717) is 11.7 Å². The number of thiazole rings is 1. The van der Waals surface area contributed by atoms with Gasteiger partial charge in [-0.15, -0.1) is 11.3 Å². The maximum atomic E-state index is 5.94. The average Bonchev–Trinajstić information content (AvgIpc) is 2.79. The molecule has 2 aromatic heterocycles. The van der Waals surface area contributed by atoms with Crippen molar-refractivity contribution in [1.82, 2.24) is 15.0 Å². The molecule has 0 fully saturated rings. The van der Waals surface area contributed by atoms with Gasteiger partial charge in [0.2, 0.25) is 0 Å². The molecule has 0 saturated heterocycles. The van der Waals surface area contributed by atoms with Crippen LogP contribution in [0.2, 0.25) is 5.15 Å². The number of anilines is 1. The van der Waals surface area contributed by atoms with E-state index in [9.17, 15) is 0 Å². The van der Waals surface area contributed by atoms with Crippen LogP contribution >= 0.6 is 22.9 Å². The van der Waals surface area contributed by atoms with Crippen molar-refractivity contribution in [2.45, 2.75) is 26.3 Å². The molecule has 0 amide bonds. The highest BCUT2D eigenvalue weighted by Crippen LogP contribution is 2.14. The third-order valence-corrected chi connectivity index (χ3v) is 3.09. The summed E-state index contributed by atoms with van der Waals surface area (Å²) in [7, 11) is 0. The van der Waals surface area contributed by atoms with Crippen LogP contribution in [0.4, 0.5) is 5.82 Å². The number of hydrogen-bond donors (Lipinski definition) is 1. The second kappa shape index (κ2) is 5.93. The zero-order valence-corrected chi connectivity index (χ0v) is 11.1. The fourth-order valence-corrected chi connectivity index (χ4v) is 2.15. The number of nitrogens with one attached hydrogen (secondary N) is 1. The first-order valence-corrected chi connectivity index (χ1v) is 6.69. The maximum Gasteiger partial charge on any atom is 0.134 e. The van der Waals surface area contributed by atoms with Gasteiger partial charge in [0.15, 0.2) is 0 Å². The highest BCUT2D eigenvalue weighted by Gasteiger charge is 2.03. The summed E-state index contributed by atoms with van der Waals surface area (Å²) in [5.41, 5.74) is 0. The van der Waals surface area contributed by atoms with E-state index in [1.165, 1.54) is 0 Å². The van der Waals surface area contributed by atoms with Crippen molar-refractivity contribution >= 4 is 28.8 Å². The normalized spacial score (nSPS) is 10.5. The zero-order valence-electron chi connectivity index (χ0n) is 9.48. The van der Waals surface area contributed by atoms with E-state index >= 15 is 0 Å². The SMILES string of the molecule is CCCc1nc(Cl)cc(NCc2nccs2)n1. The first kappa shape index (κ1) is 12.3. The first-order valence-electron chi connectivity index (χ1n) is 5.43. The summed E-state index contributed by atoms with van der Waals surface area (Å²) in [6.07, 6.45) is 3.63. The molecule has 1 N–H and O–H groups in total. The molecule has 90 valence electrons. The number of aryl methyl sites for hydroxylation is 1. The van der Waals surface area contributed by atoms with Gasteiger partial charge in [-0.05, 0) is 6.42 Å². The van der Waals surface area contributed by atoms with Crippen molar-refractivity contribution in [3.8, 4) is 0 Å². The molecule has 0 unspecified atom stereocenters. The lowest BCUT2D eigenvalue weighted by molar-refractivity contribution is 0.833. The molecule has 2 aromatic rings. The average molecular weight is 269 g/mol. The molecular weight excluding hydrogens is 256 g/mol. The molecule has 0 atom stereocenters. The minimum Gasteiger partial charge on any atom is -0.363 e. The highest BCUT2D eigenvalue weighted by molar-refractivity contribution is 7.09. The van der Waals surface area contributed by atoms with Crippen molar-refractivity contribution in [2.24, 2.45) is 0 Å². The number of aromatic nitrogens is 3. The molecule has 6 heteroatoms. The van der Waals surface area contributed by atoms with Crippen LogP contribution in [-0.4, -0.2) is 15.0 Å². The summed E-state index contributed by atoms with van der Waals surface area (Å²) in [6, 6.07) is 1.73. The summed E-state index contributed by atoms with van der Waals surface area (Å²) in [5, 5.41) is 6.65. The van der Waals surface area contributed by atoms with E-state index in [1.807, 2.05) is 5.38 Å². The Bertz CT molecular complexity index is 472. The van der Waals surface area contributed by atoms with Crippen LogP contribution in [0.1, 0.15) is 24.2 Å². The molecule has 0 spiro atoms. The molecule has 0 aliphatic rings. The summed E-state index contributed by atoms with van der Waals surface area (Å²) in [5.74, 6) is 1.53. The molecule has 0 radical (unpaired) electrons. The van der Waals surface area contributed by atoms with Gasteiger partial charge in [0.05, 0.1) is 6.54 Å². The third-order valence-electron chi connectivity index (χ3n) is 2.12. The Kier molecular flexibility index (Phi) is 4.28. The number of hydrogen-bond acceptors (Lipinski definition) is 5. The van der Waals surface area contributed by atoms with Gasteiger partial charge in [-0.1, -0.05) is 18.5 Å². The molecule has 0 saturated carbocycles. The first-order chi connectivity index (χ1) is 8.28. The second-order valence-electron chi connectivity index (χ2n) is 3.52. The van der Waals surface area contributed by atoms with E-state index in [1.54, 1.807) is 23.6 Å². The van der Waals surface area contributed by atoms with Gasteiger partial charge in [0.1, 0.15) is 21.8 Å². The Morgan fingerprint density at radius 3 is 3.00 bits per heavy atom. The Balaban J connectivity index is 2.04. The minimum atomic E-state index is 0.477.